The fourth-order valence-electron chi connectivity index (χ4n) is 3.66. The van der Waals surface area contributed by atoms with Gasteiger partial charge in [0.1, 0.15) is 6.29 Å². The third-order valence-corrected chi connectivity index (χ3v) is 5.17. The quantitative estimate of drug-likeness (QED) is 0.424. The highest BCUT2D eigenvalue weighted by Gasteiger charge is 2.35. The van der Waals surface area contributed by atoms with Gasteiger partial charge in [0.05, 0.1) is 0 Å². The van der Waals surface area contributed by atoms with E-state index in [1.165, 1.54) is 27.8 Å². The first-order valence-corrected chi connectivity index (χ1v) is 8.81. The van der Waals surface area contributed by atoms with E-state index >= 15 is 0 Å². The molecule has 0 aromatic heterocycles. The molecule has 0 fully saturated rings. The zero-order valence-electron chi connectivity index (χ0n) is 14.9. The molecule has 3 rings (SSSR count). The molecule has 3 aromatic carbocycles. The maximum atomic E-state index is 11.3. The van der Waals surface area contributed by atoms with Gasteiger partial charge in [0.2, 0.25) is 0 Å². The summed E-state index contributed by atoms with van der Waals surface area (Å²) < 4.78 is 0. The zero-order valence-corrected chi connectivity index (χ0v) is 14.9. The second-order valence-electron chi connectivity index (χ2n) is 6.64. The lowest BCUT2D eigenvalue weighted by atomic mass is 9.66. The molecule has 0 atom stereocenters. The number of rotatable bonds is 6. The highest BCUT2D eigenvalue weighted by Crippen LogP contribution is 2.43. The lowest BCUT2D eigenvalue weighted by molar-refractivity contribution is -0.108. The van der Waals surface area contributed by atoms with Gasteiger partial charge < -0.3 is 4.79 Å². The largest absolute Gasteiger partial charge is 0.303 e. The van der Waals surface area contributed by atoms with Gasteiger partial charge >= 0.3 is 0 Å². The normalized spacial score (nSPS) is 11.3. The van der Waals surface area contributed by atoms with Crippen LogP contribution in [-0.4, -0.2) is 6.29 Å². The Bertz CT molecular complexity index is 795. The molecule has 3 aromatic rings. The molecule has 0 saturated carbocycles. The monoisotopic (exact) mass is 328 g/mol. The zero-order chi connectivity index (χ0) is 17.7. The van der Waals surface area contributed by atoms with Crippen molar-refractivity contribution in [2.75, 3.05) is 0 Å². The Kier molecular flexibility index (Phi) is 5.14. The predicted octanol–water partition coefficient (Wildman–Crippen LogP) is 5.62. The Morgan fingerprint density at radius 1 is 0.720 bits per heavy atom. The van der Waals surface area contributed by atoms with Gasteiger partial charge in [0, 0.05) is 11.8 Å². The van der Waals surface area contributed by atoms with Gasteiger partial charge in [0.15, 0.2) is 0 Å². The van der Waals surface area contributed by atoms with Crippen LogP contribution < -0.4 is 0 Å². The van der Waals surface area contributed by atoms with Crippen LogP contribution in [0.3, 0.4) is 0 Å². The van der Waals surface area contributed by atoms with Crippen molar-refractivity contribution in [2.24, 2.45) is 0 Å². The summed E-state index contributed by atoms with van der Waals surface area (Å²) in [7, 11) is 0. The summed E-state index contributed by atoms with van der Waals surface area (Å²) in [6.07, 6.45) is 2.31. The van der Waals surface area contributed by atoms with E-state index < -0.39 is 0 Å². The molecule has 0 bridgehead atoms. The number of carbonyl (C=O) groups is 1. The summed E-state index contributed by atoms with van der Waals surface area (Å²) >= 11 is 0. The molecule has 126 valence electrons. The van der Waals surface area contributed by atoms with Gasteiger partial charge in [-0.15, -0.1) is 0 Å². The highest BCUT2D eigenvalue weighted by atomic mass is 16.1. The number of hydrogen-bond acceptors (Lipinski definition) is 1. The fraction of sp³-hybridized carbons (Fsp3) is 0.208. The molecule has 0 heterocycles. The van der Waals surface area contributed by atoms with Crippen LogP contribution in [-0.2, 0) is 10.2 Å². The molecular weight excluding hydrogens is 304 g/mol. The molecule has 1 heteroatoms. The molecule has 0 unspecified atom stereocenters. The number of carbonyl (C=O) groups excluding carboxylic acids is 1. The van der Waals surface area contributed by atoms with Crippen molar-refractivity contribution in [3.05, 3.63) is 107 Å². The van der Waals surface area contributed by atoms with Crippen molar-refractivity contribution in [1.82, 2.24) is 0 Å². The van der Waals surface area contributed by atoms with Gasteiger partial charge in [-0.25, -0.2) is 0 Å². The van der Waals surface area contributed by atoms with Crippen molar-refractivity contribution in [2.45, 2.75) is 32.1 Å². The maximum Gasteiger partial charge on any atom is 0.120 e. The maximum absolute atomic E-state index is 11.3. The minimum atomic E-state index is -0.318. The van der Waals surface area contributed by atoms with E-state index in [9.17, 15) is 4.79 Å². The van der Waals surface area contributed by atoms with Gasteiger partial charge in [0.25, 0.3) is 0 Å². The number of hydrogen-bond donors (Lipinski definition) is 0. The Hall–Kier alpha value is -2.67. The molecule has 25 heavy (non-hydrogen) atoms. The second kappa shape index (κ2) is 7.48. The average Bonchev–Trinajstić information content (AvgIpc) is 2.67. The Labute approximate surface area is 150 Å². The lowest BCUT2D eigenvalue weighted by Gasteiger charge is -2.36. The Balaban J connectivity index is 2.31. The van der Waals surface area contributed by atoms with Crippen LogP contribution >= 0.6 is 0 Å². The Morgan fingerprint density at radius 3 is 1.76 bits per heavy atom. The molecule has 0 radical (unpaired) electrons. The molecule has 0 saturated heterocycles. The molecule has 0 aliphatic carbocycles. The Morgan fingerprint density at radius 2 is 1.28 bits per heavy atom. The first-order valence-electron chi connectivity index (χ1n) is 8.81. The summed E-state index contributed by atoms with van der Waals surface area (Å²) in [6, 6.07) is 27.8. The molecule has 0 spiro atoms. The van der Waals surface area contributed by atoms with Crippen LogP contribution in [0.5, 0.6) is 0 Å². The highest BCUT2D eigenvalue weighted by molar-refractivity contribution is 5.55. The van der Waals surface area contributed by atoms with Gasteiger partial charge in [-0.1, -0.05) is 78.9 Å². The van der Waals surface area contributed by atoms with Crippen LogP contribution in [0.4, 0.5) is 0 Å². The first-order chi connectivity index (χ1) is 12.2. The van der Waals surface area contributed by atoms with Crippen molar-refractivity contribution < 1.29 is 4.79 Å². The van der Waals surface area contributed by atoms with E-state index in [4.69, 9.17) is 0 Å². The minimum absolute atomic E-state index is 0.318. The third-order valence-electron chi connectivity index (χ3n) is 5.17. The SMILES string of the molecule is Cc1ccc(C(CCC=O)(c2ccccc2)c2ccccc2)cc1C. The van der Waals surface area contributed by atoms with Gasteiger partial charge in [-0.3, -0.25) is 0 Å². The van der Waals surface area contributed by atoms with Crippen molar-refractivity contribution in [1.29, 1.82) is 0 Å². The first kappa shape index (κ1) is 17.2. The standard InChI is InChI=1S/C24H24O/c1-19-14-15-23(18-20(19)2)24(16-9-17-25,21-10-5-3-6-11-21)22-12-7-4-8-13-22/h3-8,10-15,17-18H,9,16H2,1-2H3. The second-order valence-corrected chi connectivity index (χ2v) is 6.64. The summed E-state index contributed by atoms with van der Waals surface area (Å²) in [4.78, 5) is 11.3. The lowest BCUT2D eigenvalue weighted by Crippen LogP contribution is -2.29. The van der Waals surface area contributed by atoms with E-state index in [0.717, 1.165) is 12.7 Å². The van der Waals surface area contributed by atoms with Crippen LogP contribution in [0.15, 0.2) is 78.9 Å². The van der Waals surface area contributed by atoms with E-state index in [0.29, 0.717) is 6.42 Å². The van der Waals surface area contributed by atoms with E-state index in [-0.39, 0.29) is 5.41 Å². The van der Waals surface area contributed by atoms with Gasteiger partial charge in [-0.05, 0) is 48.1 Å². The molecule has 0 aliphatic rings. The smallest absolute Gasteiger partial charge is 0.120 e. The summed E-state index contributed by atoms with van der Waals surface area (Å²) in [5.41, 5.74) is 5.95. The average molecular weight is 328 g/mol. The van der Waals surface area contributed by atoms with Crippen molar-refractivity contribution >= 4 is 6.29 Å². The van der Waals surface area contributed by atoms with E-state index in [1.54, 1.807) is 0 Å². The van der Waals surface area contributed by atoms with Crippen LogP contribution in [0.2, 0.25) is 0 Å². The van der Waals surface area contributed by atoms with Crippen LogP contribution in [0.1, 0.15) is 40.7 Å². The van der Waals surface area contributed by atoms with Crippen molar-refractivity contribution in [3.63, 3.8) is 0 Å². The fourth-order valence-corrected chi connectivity index (χ4v) is 3.66. The minimum Gasteiger partial charge on any atom is -0.303 e. The van der Waals surface area contributed by atoms with Crippen molar-refractivity contribution in [3.8, 4) is 0 Å². The number of benzene rings is 3. The predicted molar refractivity (Wildman–Crippen MR) is 104 cm³/mol. The van der Waals surface area contributed by atoms with Crippen LogP contribution in [0.25, 0.3) is 0 Å². The number of aldehydes is 1. The molecule has 1 nitrogen and oxygen atoms in total. The van der Waals surface area contributed by atoms with E-state index in [2.05, 4.69) is 80.6 Å². The summed E-state index contributed by atoms with van der Waals surface area (Å²) in [6.45, 7) is 4.29. The summed E-state index contributed by atoms with van der Waals surface area (Å²) in [5, 5.41) is 0. The van der Waals surface area contributed by atoms with Crippen LogP contribution in [0, 0.1) is 13.8 Å². The van der Waals surface area contributed by atoms with Gasteiger partial charge in [-0.2, -0.15) is 0 Å². The molecular formula is C24H24O. The topological polar surface area (TPSA) is 17.1 Å². The third kappa shape index (κ3) is 3.28. The molecule has 0 aliphatic heterocycles. The van der Waals surface area contributed by atoms with E-state index in [1.807, 2.05) is 12.1 Å². The number of aryl methyl sites for hydroxylation is 2. The molecule has 0 N–H and O–H groups in total. The molecule has 0 amide bonds. The summed E-state index contributed by atoms with van der Waals surface area (Å²) in [5.74, 6) is 0.